The van der Waals surface area contributed by atoms with Gasteiger partial charge < -0.3 is 24.8 Å². The molecule has 0 fully saturated rings. The van der Waals surface area contributed by atoms with Crippen LogP contribution in [0.3, 0.4) is 0 Å². The number of benzene rings is 2. The molecule has 0 atom stereocenters. The van der Waals surface area contributed by atoms with Crippen LogP contribution in [0.1, 0.15) is 95.7 Å². The van der Waals surface area contributed by atoms with Crippen molar-refractivity contribution in [3.63, 3.8) is 0 Å². The Bertz CT molecular complexity index is 1020. The molecule has 1 aliphatic carbocycles. The van der Waals surface area contributed by atoms with Gasteiger partial charge in [-0.05, 0) is 17.4 Å². The third-order valence-corrected chi connectivity index (χ3v) is 6.30. The first-order valence-electron chi connectivity index (χ1n) is 12.1. The summed E-state index contributed by atoms with van der Waals surface area (Å²) in [6.45, 7) is 28.5. The number of aryl methyl sites for hydroxylation is 1. The molecule has 0 aliphatic heterocycles. The fraction of sp³-hybridized carbons (Fsp3) is 0.424. The summed E-state index contributed by atoms with van der Waals surface area (Å²) in [5.74, 6) is 0. The van der Waals surface area contributed by atoms with Gasteiger partial charge in [-0.25, -0.2) is 6.07 Å². The molecule has 0 bridgehead atoms. The summed E-state index contributed by atoms with van der Waals surface area (Å²) in [4.78, 5) is 0. The van der Waals surface area contributed by atoms with E-state index in [-0.39, 0.29) is 61.5 Å². The van der Waals surface area contributed by atoms with Crippen molar-refractivity contribution in [3.05, 3.63) is 101 Å². The number of halogens is 2. The largest absolute Gasteiger partial charge is 4.00 e. The molecule has 3 aromatic rings. The zero-order valence-corrected chi connectivity index (χ0v) is 29.1. The zero-order chi connectivity index (χ0) is 25.2. The molecular formula is C33H44Cl2Hf. The zero-order valence-electron chi connectivity index (χ0n) is 24.0. The van der Waals surface area contributed by atoms with E-state index >= 15 is 0 Å². The van der Waals surface area contributed by atoms with Crippen LogP contribution in [0.15, 0.2) is 61.7 Å². The van der Waals surface area contributed by atoms with Gasteiger partial charge in [-0.1, -0.05) is 109 Å². The average molecular weight is 690 g/mol. The van der Waals surface area contributed by atoms with E-state index < -0.39 is 0 Å². The maximum absolute atomic E-state index is 3.53. The molecule has 3 heteroatoms. The third-order valence-electron chi connectivity index (χ3n) is 6.30. The van der Waals surface area contributed by atoms with E-state index in [4.69, 9.17) is 0 Å². The maximum atomic E-state index is 3.53. The predicted molar refractivity (Wildman–Crippen MR) is 148 cm³/mol. The molecule has 0 N–H and O–H groups in total. The topological polar surface area (TPSA) is 0 Å². The molecular weight excluding hydrogens is 646 g/mol. The van der Waals surface area contributed by atoms with Crippen molar-refractivity contribution in [2.24, 2.45) is 0 Å². The second-order valence-corrected chi connectivity index (χ2v) is 12.3. The first-order valence-corrected chi connectivity index (χ1v) is 12.1. The quantitative estimate of drug-likeness (QED) is 0.151. The maximum Gasteiger partial charge on any atom is 4.00 e. The minimum atomic E-state index is 0. The van der Waals surface area contributed by atoms with Gasteiger partial charge in [0, 0.05) is 0 Å². The van der Waals surface area contributed by atoms with Crippen molar-refractivity contribution in [3.8, 4) is 11.1 Å². The van der Waals surface area contributed by atoms with Crippen molar-refractivity contribution in [1.29, 1.82) is 0 Å². The molecule has 3 aromatic carbocycles. The monoisotopic (exact) mass is 690 g/mol. The van der Waals surface area contributed by atoms with Crippen LogP contribution in [0, 0.1) is 13.0 Å². The molecule has 36 heavy (non-hydrogen) atoms. The van der Waals surface area contributed by atoms with Gasteiger partial charge >= 0.3 is 25.8 Å². The van der Waals surface area contributed by atoms with Crippen LogP contribution in [0.5, 0.6) is 0 Å². The van der Waals surface area contributed by atoms with E-state index in [2.05, 4.69) is 137 Å². The molecule has 0 radical (unpaired) electrons. The fourth-order valence-electron chi connectivity index (χ4n) is 4.01. The van der Waals surface area contributed by atoms with E-state index in [0.29, 0.717) is 5.41 Å². The Kier molecular flexibility index (Phi) is 14.7. The van der Waals surface area contributed by atoms with Gasteiger partial charge in [0.1, 0.15) is 0 Å². The van der Waals surface area contributed by atoms with Crippen molar-refractivity contribution >= 4 is 0 Å². The van der Waals surface area contributed by atoms with Crippen LogP contribution < -0.4 is 24.8 Å². The molecule has 0 saturated heterocycles. The first-order chi connectivity index (χ1) is 15.2. The minimum absolute atomic E-state index is 0. The van der Waals surface area contributed by atoms with Crippen molar-refractivity contribution in [2.45, 2.75) is 91.9 Å². The summed E-state index contributed by atoms with van der Waals surface area (Å²) in [6.07, 6.45) is 1.03. The molecule has 0 saturated carbocycles. The van der Waals surface area contributed by atoms with Gasteiger partial charge in [0.05, 0.1) is 0 Å². The molecule has 4 rings (SSSR count). The van der Waals surface area contributed by atoms with E-state index in [1.165, 1.54) is 44.5 Å². The van der Waals surface area contributed by atoms with Crippen LogP contribution in [0.4, 0.5) is 0 Å². The fourth-order valence-corrected chi connectivity index (χ4v) is 4.01. The third kappa shape index (κ3) is 9.38. The molecule has 1 aliphatic rings. The minimum Gasteiger partial charge on any atom is -1.00 e. The predicted octanol–water partition coefficient (Wildman–Crippen LogP) is 3.47. The van der Waals surface area contributed by atoms with Gasteiger partial charge in [0.15, 0.2) is 0 Å². The van der Waals surface area contributed by atoms with Crippen LogP contribution in [0.2, 0.25) is 0 Å². The summed E-state index contributed by atoms with van der Waals surface area (Å²) in [6, 6.07) is 21.7. The van der Waals surface area contributed by atoms with Gasteiger partial charge in [-0.3, -0.25) is 0 Å². The average Bonchev–Trinajstić information content (AvgIpc) is 3.31. The molecule has 0 heterocycles. The van der Waals surface area contributed by atoms with Gasteiger partial charge in [-0.2, -0.15) is 52.6 Å². The van der Waals surface area contributed by atoms with E-state index in [0.717, 1.165) is 6.42 Å². The van der Waals surface area contributed by atoms with E-state index in [1.807, 2.05) is 0 Å². The molecule has 194 valence electrons. The first kappa shape index (κ1) is 37.1. The van der Waals surface area contributed by atoms with Crippen molar-refractivity contribution < 1.29 is 50.7 Å². The molecule has 0 unspecified atom stereocenters. The van der Waals surface area contributed by atoms with Gasteiger partial charge in [0.2, 0.25) is 0 Å². The summed E-state index contributed by atoms with van der Waals surface area (Å²) in [7, 11) is 0. The Balaban J connectivity index is 0. The van der Waals surface area contributed by atoms with E-state index in [9.17, 15) is 0 Å². The number of hydrogen-bond donors (Lipinski definition) is 0. The van der Waals surface area contributed by atoms with Gasteiger partial charge in [0.25, 0.3) is 0 Å². The summed E-state index contributed by atoms with van der Waals surface area (Å²) < 4.78 is 0. The van der Waals surface area contributed by atoms with Crippen LogP contribution in [-0.2, 0) is 48.5 Å². The second kappa shape index (κ2) is 14.2. The van der Waals surface area contributed by atoms with Crippen LogP contribution in [0.25, 0.3) is 11.1 Å². The summed E-state index contributed by atoms with van der Waals surface area (Å²) in [5.41, 5.74) is 11.9. The Morgan fingerprint density at radius 1 is 0.722 bits per heavy atom. The van der Waals surface area contributed by atoms with Gasteiger partial charge in [-0.15, -0.1) is 18.7 Å². The van der Waals surface area contributed by atoms with Crippen molar-refractivity contribution in [2.75, 3.05) is 0 Å². The number of hydrogen-bond acceptors (Lipinski definition) is 0. The summed E-state index contributed by atoms with van der Waals surface area (Å²) in [5, 5.41) is 0. The van der Waals surface area contributed by atoms with Crippen LogP contribution >= 0.6 is 0 Å². The van der Waals surface area contributed by atoms with Crippen LogP contribution in [-0.4, -0.2) is 0 Å². The second-order valence-electron chi connectivity index (χ2n) is 12.3. The molecule has 0 aromatic heterocycles. The Morgan fingerprint density at radius 3 is 1.64 bits per heavy atom. The smallest absolute Gasteiger partial charge is 1.00 e. The molecule has 0 nitrogen and oxygen atoms in total. The molecule has 0 spiro atoms. The Morgan fingerprint density at radius 2 is 1.22 bits per heavy atom. The summed E-state index contributed by atoms with van der Waals surface area (Å²) >= 11 is 0. The van der Waals surface area contributed by atoms with E-state index in [1.54, 1.807) is 0 Å². The SMILES string of the molecule is C=C.CC(C)(C)c1c[c-]c2c(c1)-c1cc(C(C)(C)C)ccc1C2.Cc1cc(C(C)(C)C)c[cH-]1.[Cl-].[Cl-].[Hf+4]. The number of rotatable bonds is 0. The standard InChI is InChI=1S/C21H25.C10H15.C2H4.2ClH.Hf/c1-20(2,3)16-9-7-14-11-15-8-10-17(21(4,5)6)13-19(15)18(14)12-16;1-8-5-6-9(7-8)10(2,3)4;1-2;;;/h7,9-10,12-13H,11H2,1-6H3;5-7H,1-4H3;1-2H2;2*1H;/q2*-1;;;;+4/p-2. The Labute approximate surface area is 253 Å². The normalized spacial score (nSPS) is 11.6. The van der Waals surface area contributed by atoms with Crippen molar-refractivity contribution in [1.82, 2.24) is 0 Å². The Hall–Kier alpha value is -1.02. The molecule has 0 amide bonds. The number of fused-ring (bicyclic) bond motifs is 3.